The van der Waals surface area contributed by atoms with Crippen LogP contribution in [0.1, 0.15) is 5.56 Å². The van der Waals surface area contributed by atoms with Gasteiger partial charge in [0.15, 0.2) is 0 Å². The Kier molecular flexibility index (Phi) is 3.53. The maximum atomic E-state index is 13.7. The lowest BCUT2D eigenvalue weighted by molar-refractivity contribution is -0.131. The lowest BCUT2D eigenvalue weighted by Gasteiger charge is -2.04. The fourth-order valence-electron chi connectivity index (χ4n) is 1.65. The van der Waals surface area contributed by atoms with Crippen molar-refractivity contribution in [3.63, 3.8) is 0 Å². The van der Waals surface area contributed by atoms with Gasteiger partial charge >= 0.3 is 5.97 Å². The number of hydrogen-bond acceptors (Lipinski definition) is 1. The van der Waals surface area contributed by atoms with Gasteiger partial charge in [-0.15, -0.1) is 0 Å². The number of carboxylic acid groups (broad SMARTS) is 1. The molecule has 0 aliphatic carbocycles. The Morgan fingerprint density at radius 1 is 1.11 bits per heavy atom. The minimum absolute atomic E-state index is 0.325. The molecule has 1 N–H and O–H groups in total. The van der Waals surface area contributed by atoms with E-state index in [1.165, 1.54) is 12.1 Å². The van der Waals surface area contributed by atoms with Crippen LogP contribution in [0.4, 0.5) is 4.39 Å². The summed E-state index contributed by atoms with van der Waals surface area (Å²) in [5, 5.41) is 8.55. The Balaban J connectivity index is 2.42. The average molecular weight is 242 g/mol. The lowest BCUT2D eigenvalue weighted by atomic mass is 10.0. The zero-order valence-corrected chi connectivity index (χ0v) is 9.51. The summed E-state index contributed by atoms with van der Waals surface area (Å²) in [6.45, 7) is 0. The molecule has 0 aromatic heterocycles. The normalized spacial score (nSPS) is 10.7. The Hall–Kier alpha value is -2.42. The summed E-state index contributed by atoms with van der Waals surface area (Å²) in [7, 11) is 0. The summed E-state index contributed by atoms with van der Waals surface area (Å²) in [5.74, 6) is -1.35. The molecule has 3 heteroatoms. The summed E-state index contributed by atoms with van der Waals surface area (Å²) < 4.78 is 13.7. The van der Waals surface area contributed by atoms with Crippen molar-refractivity contribution in [3.05, 3.63) is 66.0 Å². The molecule has 2 aromatic carbocycles. The van der Waals surface area contributed by atoms with Crippen molar-refractivity contribution in [2.75, 3.05) is 0 Å². The van der Waals surface area contributed by atoms with E-state index < -0.39 is 5.97 Å². The van der Waals surface area contributed by atoms with Crippen molar-refractivity contribution in [2.45, 2.75) is 0 Å². The SMILES string of the molecule is O=C(O)/C=C/c1ccc(F)c(-c2ccccc2)c1. The van der Waals surface area contributed by atoms with Gasteiger partial charge in [-0.25, -0.2) is 9.18 Å². The Labute approximate surface area is 104 Å². The van der Waals surface area contributed by atoms with Crippen LogP contribution in [0, 0.1) is 5.82 Å². The molecule has 0 aliphatic rings. The fourth-order valence-corrected chi connectivity index (χ4v) is 1.65. The van der Waals surface area contributed by atoms with Crippen LogP contribution in [0.25, 0.3) is 17.2 Å². The summed E-state index contributed by atoms with van der Waals surface area (Å²) >= 11 is 0. The van der Waals surface area contributed by atoms with Crippen molar-refractivity contribution in [2.24, 2.45) is 0 Å². The van der Waals surface area contributed by atoms with E-state index in [1.54, 1.807) is 12.1 Å². The minimum atomic E-state index is -1.03. The summed E-state index contributed by atoms with van der Waals surface area (Å²) in [6, 6.07) is 13.6. The highest BCUT2D eigenvalue weighted by atomic mass is 19.1. The maximum Gasteiger partial charge on any atom is 0.328 e. The highest BCUT2D eigenvalue weighted by Crippen LogP contribution is 2.24. The first kappa shape index (κ1) is 12.0. The summed E-state index contributed by atoms with van der Waals surface area (Å²) in [6.07, 6.45) is 2.47. The smallest absolute Gasteiger partial charge is 0.328 e. The molecule has 0 saturated carbocycles. The average Bonchev–Trinajstić information content (AvgIpc) is 2.38. The van der Waals surface area contributed by atoms with E-state index in [2.05, 4.69) is 0 Å². The van der Waals surface area contributed by atoms with Gasteiger partial charge in [0.1, 0.15) is 5.82 Å². The molecule has 2 nitrogen and oxygen atoms in total. The lowest BCUT2D eigenvalue weighted by Crippen LogP contribution is -1.88. The van der Waals surface area contributed by atoms with Gasteiger partial charge in [0.05, 0.1) is 0 Å². The largest absolute Gasteiger partial charge is 0.478 e. The first-order chi connectivity index (χ1) is 8.66. The van der Waals surface area contributed by atoms with Gasteiger partial charge in [0, 0.05) is 11.6 Å². The molecule has 0 atom stereocenters. The third-order valence-corrected chi connectivity index (χ3v) is 2.49. The second-order valence-electron chi connectivity index (χ2n) is 3.78. The summed E-state index contributed by atoms with van der Waals surface area (Å²) in [4.78, 5) is 10.4. The van der Waals surface area contributed by atoms with E-state index >= 15 is 0 Å². The van der Waals surface area contributed by atoms with E-state index in [1.807, 2.05) is 30.3 Å². The van der Waals surface area contributed by atoms with E-state index in [-0.39, 0.29) is 5.82 Å². The molecule has 90 valence electrons. The van der Waals surface area contributed by atoms with Gasteiger partial charge in [-0.2, -0.15) is 0 Å². The van der Waals surface area contributed by atoms with Gasteiger partial charge in [0.2, 0.25) is 0 Å². The number of carboxylic acids is 1. The van der Waals surface area contributed by atoms with E-state index in [0.29, 0.717) is 11.1 Å². The third kappa shape index (κ3) is 2.83. The van der Waals surface area contributed by atoms with Crippen molar-refractivity contribution in [3.8, 4) is 11.1 Å². The van der Waals surface area contributed by atoms with Gasteiger partial charge in [-0.05, 0) is 29.3 Å². The van der Waals surface area contributed by atoms with Crippen LogP contribution in [0.2, 0.25) is 0 Å². The number of aliphatic carboxylic acids is 1. The molecule has 0 unspecified atom stereocenters. The van der Waals surface area contributed by atoms with Crippen molar-refractivity contribution >= 4 is 12.0 Å². The van der Waals surface area contributed by atoms with Crippen molar-refractivity contribution in [1.29, 1.82) is 0 Å². The molecule has 0 heterocycles. The predicted octanol–water partition coefficient (Wildman–Crippen LogP) is 3.59. The topological polar surface area (TPSA) is 37.3 Å². The van der Waals surface area contributed by atoms with Crippen LogP contribution in [0.15, 0.2) is 54.6 Å². The maximum absolute atomic E-state index is 13.7. The van der Waals surface area contributed by atoms with Gasteiger partial charge in [0.25, 0.3) is 0 Å². The number of rotatable bonds is 3. The zero-order chi connectivity index (χ0) is 13.0. The Bertz CT molecular complexity index is 589. The highest BCUT2D eigenvalue weighted by molar-refractivity contribution is 5.85. The second-order valence-corrected chi connectivity index (χ2v) is 3.78. The van der Waals surface area contributed by atoms with Crippen LogP contribution in [-0.4, -0.2) is 11.1 Å². The minimum Gasteiger partial charge on any atom is -0.478 e. The molecule has 0 radical (unpaired) electrons. The predicted molar refractivity (Wildman–Crippen MR) is 68.5 cm³/mol. The second kappa shape index (κ2) is 5.27. The van der Waals surface area contributed by atoms with Crippen LogP contribution in [-0.2, 0) is 4.79 Å². The monoisotopic (exact) mass is 242 g/mol. The highest BCUT2D eigenvalue weighted by Gasteiger charge is 2.04. The Morgan fingerprint density at radius 3 is 2.50 bits per heavy atom. The van der Waals surface area contributed by atoms with Crippen molar-refractivity contribution < 1.29 is 14.3 Å². The molecular weight excluding hydrogens is 231 g/mol. The van der Waals surface area contributed by atoms with E-state index in [0.717, 1.165) is 11.6 Å². The molecule has 0 spiro atoms. The van der Waals surface area contributed by atoms with Crippen LogP contribution >= 0.6 is 0 Å². The van der Waals surface area contributed by atoms with Crippen molar-refractivity contribution in [1.82, 2.24) is 0 Å². The number of halogens is 1. The standard InChI is InChI=1S/C15H11FO2/c16-14-8-6-11(7-9-15(17)18)10-13(14)12-4-2-1-3-5-12/h1-10H,(H,17,18)/b9-7+. The van der Waals surface area contributed by atoms with Crippen LogP contribution in [0.5, 0.6) is 0 Å². The van der Waals surface area contributed by atoms with Crippen LogP contribution in [0.3, 0.4) is 0 Å². The molecule has 2 rings (SSSR count). The van der Waals surface area contributed by atoms with Gasteiger partial charge < -0.3 is 5.11 Å². The number of carbonyl (C=O) groups is 1. The van der Waals surface area contributed by atoms with E-state index in [4.69, 9.17) is 5.11 Å². The zero-order valence-electron chi connectivity index (χ0n) is 9.51. The Morgan fingerprint density at radius 2 is 1.83 bits per heavy atom. The quantitative estimate of drug-likeness (QED) is 0.835. The number of hydrogen-bond donors (Lipinski definition) is 1. The van der Waals surface area contributed by atoms with Crippen LogP contribution < -0.4 is 0 Å². The molecule has 0 amide bonds. The van der Waals surface area contributed by atoms with Gasteiger partial charge in [-0.3, -0.25) is 0 Å². The molecule has 0 saturated heterocycles. The molecule has 0 aliphatic heterocycles. The first-order valence-electron chi connectivity index (χ1n) is 5.43. The van der Waals surface area contributed by atoms with E-state index in [9.17, 15) is 9.18 Å². The summed E-state index contributed by atoms with van der Waals surface area (Å²) in [5.41, 5.74) is 1.88. The first-order valence-corrected chi connectivity index (χ1v) is 5.43. The molecule has 18 heavy (non-hydrogen) atoms. The number of benzene rings is 2. The third-order valence-electron chi connectivity index (χ3n) is 2.49. The molecule has 0 bridgehead atoms. The van der Waals surface area contributed by atoms with Gasteiger partial charge in [-0.1, -0.05) is 36.4 Å². The molecular formula is C15H11FO2. The fraction of sp³-hybridized carbons (Fsp3) is 0. The molecule has 2 aromatic rings. The molecule has 0 fully saturated rings.